The molecule has 0 aromatic rings. The maximum atomic E-state index is 12.1. The molecule has 2 amide bonds. The summed E-state index contributed by atoms with van der Waals surface area (Å²) in [5.74, 6) is -1.03. The van der Waals surface area contributed by atoms with Crippen LogP contribution in [-0.2, 0) is 19.1 Å². The molecule has 2 aliphatic rings. The number of aliphatic hydroxyl groups excluding tert-OH is 5. The van der Waals surface area contributed by atoms with Gasteiger partial charge in [-0.05, 0) is 22.9 Å². The van der Waals surface area contributed by atoms with Gasteiger partial charge in [0.15, 0.2) is 6.29 Å². The number of halogens is 1. The Kier molecular flexibility index (Phi) is 8.61. The Hall–Kier alpha value is -0.610. The van der Waals surface area contributed by atoms with Gasteiger partial charge in [0.2, 0.25) is 0 Å². The molecule has 1 fully saturated rings. The fourth-order valence-electron chi connectivity index (χ4n) is 2.73. The van der Waals surface area contributed by atoms with Crippen molar-refractivity contribution in [1.82, 2.24) is 4.90 Å². The van der Waals surface area contributed by atoms with Crippen molar-refractivity contribution in [3.63, 3.8) is 0 Å². The Balaban J connectivity index is 2.00. The molecule has 8 atom stereocenters. The lowest BCUT2D eigenvalue weighted by Crippen LogP contribution is -2.59. The van der Waals surface area contributed by atoms with Crippen molar-refractivity contribution in [1.29, 1.82) is 0 Å². The third-order valence-electron chi connectivity index (χ3n) is 4.64. The molecular weight excluding hydrogens is 476 g/mol. The summed E-state index contributed by atoms with van der Waals surface area (Å²) in [6, 6.07) is -0.985. The van der Waals surface area contributed by atoms with E-state index >= 15 is 0 Å². The predicted molar refractivity (Wildman–Crippen MR) is 104 cm³/mol. The van der Waals surface area contributed by atoms with Crippen molar-refractivity contribution in [2.24, 2.45) is 5.73 Å². The van der Waals surface area contributed by atoms with Gasteiger partial charge in [0.05, 0.1) is 35.9 Å². The Bertz CT molecular complexity index is 664. The topological polar surface area (TPSA) is 183 Å². The number of likely N-dealkylation sites (N-methyl/N-ethyl adjacent to an activating group) is 1. The van der Waals surface area contributed by atoms with Crippen molar-refractivity contribution in [3.05, 3.63) is 9.39 Å². The number of carbonyl (C=O) groups is 2. The zero-order valence-corrected chi connectivity index (χ0v) is 18.1. The lowest BCUT2D eigenvalue weighted by Gasteiger charge is -2.40. The van der Waals surface area contributed by atoms with Crippen LogP contribution in [0.2, 0.25) is 0 Å². The first-order valence-corrected chi connectivity index (χ1v) is 10.5. The number of ether oxygens (including phenoxy) is 2. The summed E-state index contributed by atoms with van der Waals surface area (Å²) in [5, 5.41) is 49.4. The van der Waals surface area contributed by atoms with Gasteiger partial charge in [0, 0.05) is 12.8 Å². The first kappa shape index (κ1) is 24.7. The normalized spacial score (nSPS) is 34.0. The second-order valence-electron chi connectivity index (χ2n) is 6.87. The molecule has 0 aliphatic carbocycles. The minimum absolute atomic E-state index is 0.0234. The number of thioether (sulfide) groups is 1. The molecule has 0 spiro atoms. The standard InChI is InChI=1S/C16H25BrN2O9S/c1-5(20)9(21)6(18)3-27-16-12(24)11(23)10(22)7(28-16)4-29-13-8(17)14(25)19(2)15(13)26/h5-7,9-12,16,20-24H,3-4,18H2,1-2H3. The van der Waals surface area contributed by atoms with E-state index in [1.54, 1.807) is 0 Å². The van der Waals surface area contributed by atoms with E-state index in [9.17, 15) is 35.1 Å². The van der Waals surface area contributed by atoms with Gasteiger partial charge in [-0.1, -0.05) is 0 Å². The number of nitrogens with two attached hydrogens (primary N) is 1. The molecular formula is C16H25BrN2O9S. The van der Waals surface area contributed by atoms with E-state index < -0.39 is 60.8 Å². The molecule has 1 saturated heterocycles. The molecule has 0 bridgehead atoms. The summed E-state index contributed by atoms with van der Waals surface area (Å²) in [6.45, 7) is 1.05. The summed E-state index contributed by atoms with van der Waals surface area (Å²) < 4.78 is 10.9. The maximum absolute atomic E-state index is 12.1. The van der Waals surface area contributed by atoms with Crippen LogP contribution in [0.1, 0.15) is 6.92 Å². The van der Waals surface area contributed by atoms with E-state index in [1.807, 2.05) is 0 Å². The zero-order valence-electron chi connectivity index (χ0n) is 15.7. The number of rotatable bonds is 8. The monoisotopic (exact) mass is 500 g/mol. The second-order valence-corrected chi connectivity index (χ2v) is 8.69. The van der Waals surface area contributed by atoms with Crippen LogP contribution in [0.5, 0.6) is 0 Å². The van der Waals surface area contributed by atoms with Crippen LogP contribution in [0.4, 0.5) is 0 Å². The van der Waals surface area contributed by atoms with Crippen molar-refractivity contribution in [2.75, 3.05) is 19.4 Å². The quantitative estimate of drug-likeness (QED) is 0.189. The summed E-state index contributed by atoms with van der Waals surface area (Å²) in [7, 11) is 1.33. The summed E-state index contributed by atoms with van der Waals surface area (Å²) in [5.41, 5.74) is 5.70. The van der Waals surface area contributed by atoms with Crippen molar-refractivity contribution in [2.45, 2.75) is 55.9 Å². The van der Waals surface area contributed by atoms with Crippen LogP contribution in [-0.4, -0.2) is 111 Å². The number of hydrogen-bond donors (Lipinski definition) is 6. The minimum Gasteiger partial charge on any atom is -0.391 e. The minimum atomic E-state index is -1.60. The van der Waals surface area contributed by atoms with E-state index in [4.69, 9.17) is 15.2 Å². The molecule has 7 N–H and O–H groups in total. The fourth-order valence-corrected chi connectivity index (χ4v) is 4.59. The average Bonchev–Trinajstić information content (AvgIpc) is 2.87. The van der Waals surface area contributed by atoms with Crippen LogP contribution in [0.15, 0.2) is 9.39 Å². The third kappa shape index (κ3) is 5.36. The van der Waals surface area contributed by atoms with Gasteiger partial charge in [-0.15, -0.1) is 11.8 Å². The molecule has 13 heteroatoms. The molecule has 2 rings (SSSR count). The van der Waals surface area contributed by atoms with Gasteiger partial charge < -0.3 is 40.7 Å². The molecule has 8 unspecified atom stereocenters. The van der Waals surface area contributed by atoms with Crippen LogP contribution >= 0.6 is 27.7 Å². The van der Waals surface area contributed by atoms with E-state index in [0.29, 0.717) is 0 Å². The largest absolute Gasteiger partial charge is 0.391 e. The highest BCUT2D eigenvalue weighted by atomic mass is 79.9. The molecule has 29 heavy (non-hydrogen) atoms. The zero-order chi connectivity index (χ0) is 22.0. The second kappa shape index (κ2) is 10.1. The molecule has 166 valence electrons. The van der Waals surface area contributed by atoms with E-state index in [-0.39, 0.29) is 21.7 Å². The lowest BCUT2D eigenvalue weighted by atomic mass is 10.00. The Morgan fingerprint density at radius 2 is 1.83 bits per heavy atom. The number of hydrogen-bond acceptors (Lipinski definition) is 11. The summed E-state index contributed by atoms with van der Waals surface area (Å²) >= 11 is 4.01. The Labute approximate surface area is 179 Å². The lowest BCUT2D eigenvalue weighted by molar-refractivity contribution is -0.293. The predicted octanol–water partition coefficient (Wildman–Crippen LogP) is -2.78. The van der Waals surface area contributed by atoms with E-state index in [0.717, 1.165) is 16.7 Å². The molecule has 0 aromatic carbocycles. The highest BCUT2D eigenvalue weighted by Crippen LogP contribution is 2.35. The highest BCUT2D eigenvalue weighted by Gasteiger charge is 2.45. The summed E-state index contributed by atoms with van der Waals surface area (Å²) in [4.78, 5) is 24.9. The number of nitrogens with zero attached hydrogens (tertiary/aromatic N) is 1. The van der Waals surface area contributed by atoms with Crippen LogP contribution < -0.4 is 5.73 Å². The SMILES string of the molecule is CC(O)C(O)C(N)COC1OC(CSC2=C(Br)C(=O)N(C)C2=O)C(O)C(O)C1O. The van der Waals surface area contributed by atoms with Gasteiger partial charge in [0.1, 0.15) is 22.8 Å². The van der Waals surface area contributed by atoms with Gasteiger partial charge in [-0.25, -0.2) is 0 Å². The van der Waals surface area contributed by atoms with Gasteiger partial charge in [-0.2, -0.15) is 0 Å². The van der Waals surface area contributed by atoms with Gasteiger partial charge in [-0.3, -0.25) is 14.5 Å². The summed E-state index contributed by atoms with van der Waals surface area (Å²) in [6.07, 6.45) is -9.44. The van der Waals surface area contributed by atoms with Crippen LogP contribution in [0, 0.1) is 0 Å². The third-order valence-corrected chi connectivity index (χ3v) is 6.80. The van der Waals surface area contributed by atoms with Gasteiger partial charge >= 0.3 is 0 Å². The highest BCUT2D eigenvalue weighted by molar-refractivity contribution is 9.12. The van der Waals surface area contributed by atoms with E-state index in [2.05, 4.69) is 15.9 Å². The maximum Gasteiger partial charge on any atom is 0.268 e. The number of aliphatic hydroxyl groups is 5. The van der Waals surface area contributed by atoms with Crippen molar-refractivity contribution < 1.29 is 44.6 Å². The van der Waals surface area contributed by atoms with E-state index in [1.165, 1.54) is 14.0 Å². The first-order valence-electron chi connectivity index (χ1n) is 8.75. The average molecular weight is 501 g/mol. The molecule has 11 nitrogen and oxygen atoms in total. The smallest absolute Gasteiger partial charge is 0.268 e. The number of carbonyl (C=O) groups excluding carboxylic acids is 2. The molecule has 0 aromatic heterocycles. The number of imide groups is 1. The Morgan fingerprint density at radius 3 is 2.34 bits per heavy atom. The molecule has 2 aliphatic heterocycles. The van der Waals surface area contributed by atoms with Crippen LogP contribution in [0.25, 0.3) is 0 Å². The molecule has 0 saturated carbocycles. The molecule has 2 heterocycles. The van der Waals surface area contributed by atoms with Crippen molar-refractivity contribution in [3.8, 4) is 0 Å². The van der Waals surface area contributed by atoms with Gasteiger partial charge in [0.25, 0.3) is 11.8 Å². The first-order chi connectivity index (χ1) is 13.5. The number of amides is 2. The fraction of sp³-hybridized carbons (Fsp3) is 0.750. The Morgan fingerprint density at radius 1 is 1.21 bits per heavy atom. The van der Waals surface area contributed by atoms with Crippen LogP contribution in [0.3, 0.4) is 0 Å². The van der Waals surface area contributed by atoms with Crippen molar-refractivity contribution >= 4 is 39.5 Å². The molecule has 0 radical (unpaired) electrons.